The number of hydrogen-bond donors (Lipinski definition) is 1. The Balaban J connectivity index is 1.79. The number of rotatable bonds is 4. The average Bonchev–Trinajstić information content (AvgIpc) is 2.79. The molecule has 0 bridgehead atoms. The zero-order chi connectivity index (χ0) is 10.7. The number of hydrogen-bond acceptors (Lipinski definition) is 3. The third-order valence-corrected chi connectivity index (χ3v) is 3.27. The first-order valence-corrected chi connectivity index (χ1v) is 5.72. The Bertz CT molecular complexity index is 284. The van der Waals surface area contributed by atoms with Crippen LogP contribution < -0.4 is 5.73 Å². The topological polar surface area (TPSA) is 42.4 Å². The Morgan fingerprint density at radius 3 is 3.00 bits per heavy atom. The molecule has 3 heteroatoms. The highest BCUT2D eigenvalue weighted by atomic mass is 16.3. The first-order chi connectivity index (χ1) is 7.25. The number of nitrogens with zero attached hydrogens (tertiary/aromatic N) is 1. The Kier molecular flexibility index (Phi) is 3.44. The lowest BCUT2D eigenvalue weighted by molar-refractivity contribution is 0.241. The van der Waals surface area contributed by atoms with Gasteiger partial charge in [-0.05, 0) is 37.9 Å². The van der Waals surface area contributed by atoms with Crippen LogP contribution in [0.15, 0.2) is 22.8 Å². The zero-order valence-electron chi connectivity index (χ0n) is 9.36. The van der Waals surface area contributed by atoms with Gasteiger partial charge in [0.25, 0.3) is 0 Å². The summed E-state index contributed by atoms with van der Waals surface area (Å²) in [4.78, 5) is 2.30. The van der Waals surface area contributed by atoms with Gasteiger partial charge in [-0.25, -0.2) is 0 Å². The second kappa shape index (κ2) is 4.81. The van der Waals surface area contributed by atoms with Crippen LogP contribution in [0.1, 0.15) is 25.0 Å². The molecule has 1 aliphatic rings. The highest BCUT2D eigenvalue weighted by Crippen LogP contribution is 2.24. The third kappa shape index (κ3) is 2.83. The molecule has 1 aromatic heterocycles. The van der Waals surface area contributed by atoms with Gasteiger partial charge in [-0.15, -0.1) is 0 Å². The van der Waals surface area contributed by atoms with Crippen molar-refractivity contribution in [3.63, 3.8) is 0 Å². The van der Waals surface area contributed by atoms with Gasteiger partial charge in [-0.1, -0.05) is 6.42 Å². The van der Waals surface area contributed by atoms with Crippen molar-refractivity contribution in [2.75, 3.05) is 13.6 Å². The predicted octanol–water partition coefficient (Wildman–Crippen LogP) is 1.84. The Hall–Kier alpha value is -0.800. The lowest BCUT2D eigenvalue weighted by atomic mass is 10.0. The van der Waals surface area contributed by atoms with Gasteiger partial charge >= 0.3 is 0 Å². The van der Waals surface area contributed by atoms with Gasteiger partial charge in [0.1, 0.15) is 5.76 Å². The average molecular weight is 208 g/mol. The molecule has 1 aromatic rings. The summed E-state index contributed by atoms with van der Waals surface area (Å²) in [5, 5.41) is 0. The van der Waals surface area contributed by atoms with Crippen LogP contribution in [-0.2, 0) is 6.54 Å². The largest absolute Gasteiger partial charge is 0.468 e. The second-order valence-corrected chi connectivity index (χ2v) is 4.63. The molecule has 1 saturated carbocycles. The van der Waals surface area contributed by atoms with E-state index >= 15 is 0 Å². The van der Waals surface area contributed by atoms with Crippen molar-refractivity contribution in [1.82, 2.24) is 4.90 Å². The smallest absolute Gasteiger partial charge is 0.117 e. The molecule has 1 fully saturated rings. The van der Waals surface area contributed by atoms with Crippen LogP contribution in [-0.4, -0.2) is 24.5 Å². The fraction of sp³-hybridized carbons (Fsp3) is 0.667. The molecule has 1 aliphatic carbocycles. The van der Waals surface area contributed by atoms with E-state index in [0.717, 1.165) is 18.8 Å². The molecule has 2 atom stereocenters. The maximum Gasteiger partial charge on any atom is 0.117 e. The lowest BCUT2D eigenvalue weighted by Crippen LogP contribution is -2.33. The Morgan fingerprint density at radius 2 is 2.40 bits per heavy atom. The van der Waals surface area contributed by atoms with E-state index in [4.69, 9.17) is 10.2 Å². The van der Waals surface area contributed by atoms with Crippen LogP contribution in [0.4, 0.5) is 0 Å². The van der Waals surface area contributed by atoms with Crippen molar-refractivity contribution < 1.29 is 4.42 Å². The number of nitrogens with two attached hydrogens (primary N) is 1. The minimum Gasteiger partial charge on any atom is -0.468 e. The molecule has 0 amide bonds. The van der Waals surface area contributed by atoms with E-state index in [2.05, 4.69) is 11.9 Å². The summed E-state index contributed by atoms with van der Waals surface area (Å²) in [6, 6.07) is 4.36. The van der Waals surface area contributed by atoms with E-state index in [-0.39, 0.29) is 0 Å². The molecule has 0 aliphatic heterocycles. The zero-order valence-corrected chi connectivity index (χ0v) is 9.36. The van der Waals surface area contributed by atoms with Crippen molar-refractivity contribution in [2.24, 2.45) is 11.7 Å². The first kappa shape index (κ1) is 10.7. The quantitative estimate of drug-likeness (QED) is 0.821. The summed E-state index contributed by atoms with van der Waals surface area (Å²) in [5.41, 5.74) is 6.05. The SMILES string of the molecule is CN(Cc1ccco1)CC1CCCC1N. The maximum atomic E-state index is 6.05. The van der Waals surface area contributed by atoms with Gasteiger partial charge in [0.2, 0.25) is 0 Å². The molecule has 0 radical (unpaired) electrons. The molecular formula is C12H20N2O. The van der Waals surface area contributed by atoms with Crippen LogP contribution >= 0.6 is 0 Å². The van der Waals surface area contributed by atoms with E-state index in [1.165, 1.54) is 19.3 Å². The van der Waals surface area contributed by atoms with Crippen molar-refractivity contribution >= 4 is 0 Å². The van der Waals surface area contributed by atoms with Crippen LogP contribution in [0.3, 0.4) is 0 Å². The summed E-state index contributed by atoms with van der Waals surface area (Å²) in [6.45, 7) is 1.97. The minimum atomic E-state index is 0.407. The van der Waals surface area contributed by atoms with Gasteiger partial charge in [0.05, 0.1) is 12.8 Å². The fourth-order valence-corrected chi connectivity index (χ4v) is 2.43. The lowest BCUT2D eigenvalue weighted by Gasteiger charge is -2.22. The van der Waals surface area contributed by atoms with Gasteiger partial charge in [0, 0.05) is 12.6 Å². The van der Waals surface area contributed by atoms with Crippen LogP contribution in [0.25, 0.3) is 0 Å². The summed E-state index contributed by atoms with van der Waals surface area (Å²) in [6.07, 6.45) is 5.49. The molecular weight excluding hydrogens is 188 g/mol. The summed E-state index contributed by atoms with van der Waals surface area (Å²) < 4.78 is 5.32. The Labute approximate surface area is 91.2 Å². The highest BCUT2D eigenvalue weighted by Gasteiger charge is 2.24. The molecule has 0 saturated heterocycles. The molecule has 15 heavy (non-hydrogen) atoms. The molecule has 2 N–H and O–H groups in total. The monoisotopic (exact) mass is 208 g/mol. The Morgan fingerprint density at radius 1 is 1.53 bits per heavy atom. The van der Waals surface area contributed by atoms with Crippen molar-refractivity contribution in [3.05, 3.63) is 24.2 Å². The predicted molar refractivity (Wildman–Crippen MR) is 60.4 cm³/mol. The molecule has 2 rings (SSSR count). The van der Waals surface area contributed by atoms with Gasteiger partial charge in [0.15, 0.2) is 0 Å². The molecule has 0 aromatic carbocycles. The minimum absolute atomic E-state index is 0.407. The van der Waals surface area contributed by atoms with Crippen molar-refractivity contribution in [3.8, 4) is 0 Å². The highest BCUT2D eigenvalue weighted by molar-refractivity contribution is 4.97. The molecule has 3 nitrogen and oxygen atoms in total. The van der Waals surface area contributed by atoms with Crippen LogP contribution in [0.5, 0.6) is 0 Å². The van der Waals surface area contributed by atoms with Crippen LogP contribution in [0, 0.1) is 5.92 Å². The van der Waals surface area contributed by atoms with Gasteiger partial charge in [-0.3, -0.25) is 4.90 Å². The summed E-state index contributed by atoms with van der Waals surface area (Å²) >= 11 is 0. The van der Waals surface area contributed by atoms with Gasteiger partial charge < -0.3 is 10.2 Å². The molecule has 84 valence electrons. The maximum absolute atomic E-state index is 6.05. The van der Waals surface area contributed by atoms with E-state index in [1.807, 2.05) is 12.1 Å². The second-order valence-electron chi connectivity index (χ2n) is 4.63. The van der Waals surface area contributed by atoms with Crippen LogP contribution in [0.2, 0.25) is 0 Å². The van der Waals surface area contributed by atoms with E-state index in [1.54, 1.807) is 6.26 Å². The molecule has 2 unspecified atom stereocenters. The van der Waals surface area contributed by atoms with E-state index in [9.17, 15) is 0 Å². The molecule has 0 spiro atoms. The van der Waals surface area contributed by atoms with Gasteiger partial charge in [-0.2, -0.15) is 0 Å². The first-order valence-electron chi connectivity index (χ1n) is 5.72. The van der Waals surface area contributed by atoms with E-state index in [0.29, 0.717) is 12.0 Å². The van der Waals surface area contributed by atoms with Crippen molar-refractivity contribution in [1.29, 1.82) is 0 Å². The third-order valence-electron chi connectivity index (χ3n) is 3.27. The normalized spacial score (nSPS) is 26.3. The van der Waals surface area contributed by atoms with Crippen molar-refractivity contribution in [2.45, 2.75) is 31.8 Å². The summed E-state index contributed by atoms with van der Waals surface area (Å²) in [5.74, 6) is 1.70. The van der Waals surface area contributed by atoms with E-state index < -0.39 is 0 Å². The molecule has 1 heterocycles. The fourth-order valence-electron chi connectivity index (χ4n) is 2.43. The summed E-state index contributed by atoms with van der Waals surface area (Å²) in [7, 11) is 2.13. The number of furan rings is 1. The standard InChI is InChI=1S/C12H20N2O/c1-14(9-11-5-3-7-15-11)8-10-4-2-6-12(10)13/h3,5,7,10,12H,2,4,6,8-9,13H2,1H3.